The van der Waals surface area contributed by atoms with Crippen molar-refractivity contribution in [3.63, 3.8) is 0 Å². The number of aromatic nitrogens is 1. The van der Waals surface area contributed by atoms with Crippen LogP contribution in [0.25, 0.3) is 10.2 Å². The van der Waals surface area contributed by atoms with Crippen molar-refractivity contribution in [2.75, 3.05) is 5.32 Å². The van der Waals surface area contributed by atoms with Crippen LogP contribution in [-0.2, 0) is 0 Å². The molecule has 0 unspecified atom stereocenters. The third-order valence-corrected chi connectivity index (χ3v) is 4.54. The zero-order valence-corrected chi connectivity index (χ0v) is 13.2. The Bertz CT molecular complexity index is 754. The minimum absolute atomic E-state index is 0.672. The van der Waals surface area contributed by atoms with Gasteiger partial charge >= 0.3 is 0 Å². The molecule has 5 heteroatoms. The van der Waals surface area contributed by atoms with E-state index in [4.69, 9.17) is 11.6 Å². The van der Waals surface area contributed by atoms with Gasteiger partial charge in [0.25, 0.3) is 0 Å². The van der Waals surface area contributed by atoms with E-state index in [2.05, 4.69) is 45.3 Å². The number of hydrogen-bond acceptors (Lipinski definition) is 3. The van der Waals surface area contributed by atoms with E-state index in [0.29, 0.717) is 5.02 Å². The van der Waals surface area contributed by atoms with Gasteiger partial charge in [0.05, 0.1) is 20.9 Å². The smallest absolute Gasteiger partial charge is 0.188 e. The zero-order valence-electron chi connectivity index (χ0n) is 10.1. The predicted octanol–water partition coefficient (Wildman–Crippen LogP) is 5.76. The Kier molecular flexibility index (Phi) is 3.48. The van der Waals surface area contributed by atoms with Crippen molar-refractivity contribution in [2.24, 2.45) is 0 Å². The van der Waals surface area contributed by atoms with E-state index in [-0.39, 0.29) is 0 Å². The molecular formula is C14H10BrClN2S. The van der Waals surface area contributed by atoms with E-state index < -0.39 is 0 Å². The molecule has 0 bridgehead atoms. The highest BCUT2D eigenvalue weighted by atomic mass is 79.9. The molecule has 96 valence electrons. The topological polar surface area (TPSA) is 24.9 Å². The molecule has 0 aliphatic heterocycles. The van der Waals surface area contributed by atoms with Crippen LogP contribution in [0.1, 0.15) is 5.56 Å². The Balaban J connectivity index is 1.99. The summed E-state index contributed by atoms with van der Waals surface area (Å²) in [4.78, 5) is 4.61. The molecule has 0 amide bonds. The Morgan fingerprint density at radius 3 is 2.84 bits per heavy atom. The minimum Gasteiger partial charge on any atom is -0.330 e. The summed E-state index contributed by atoms with van der Waals surface area (Å²) >= 11 is 11.2. The van der Waals surface area contributed by atoms with Crippen LogP contribution in [0.4, 0.5) is 10.8 Å². The molecular weight excluding hydrogens is 344 g/mol. The van der Waals surface area contributed by atoms with Crippen LogP contribution in [0.2, 0.25) is 5.02 Å². The second-order valence-electron chi connectivity index (χ2n) is 4.19. The average Bonchev–Trinajstić information content (AvgIpc) is 2.77. The molecule has 0 saturated heterocycles. The van der Waals surface area contributed by atoms with Crippen LogP contribution in [0.5, 0.6) is 0 Å². The molecule has 0 radical (unpaired) electrons. The molecule has 0 aliphatic rings. The molecule has 2 nitrogen and oxygen atoms in total. The minimum atomic E-state index is 0.672. The Labute approximate surface area is 128 Å². The molecule has 1 heterocycles. The van der Waals surface area contributed by atoms with Gasteiger partial charge in [-0.3, -0.25) is 0 Å². The molecule has 0 spiro atoms. The van der Waals surface area contributed by atoms with Crippen molar-refractivity contribution < 1.29 is 0 Å². The molecule has 0 saturated carbocycles. The lowest BCUT2D eigenvalue weighted by Crippen LogP contribution is -1.90. The van der Waals surface area contributed by atoms with Crippen LogP contribution in [-0.4, -0.2) is 4.98 Å². The summed E-state index contributed by atoms with van der Waals surface area (Å²) in [5.41, 5.74) is 3.09. The fraction of sp³-hybridized carbons (Fsp3) is 0.0714. The van der Waals surface area contributed by atoms with Crippen molar-refractivity contribution in [1.82, 2.24) is 4.98 Å². The second-order valence-corrected chi connectivity index (χ2v) is 6.54. The van der Waals surface area contributed by atoms with Crippen LogP contribution in [0, 0.1) is 6.92 Å². The van der Waals surface area contributed by atoms with Crippen molar-refractivity contribution in [3.05, 3.63) is 51.5 Å². The summed E-state index contributed by atoms with van der Waals surface area (Å²) in [5.74, 6) is 0. The van der Waals surface area contributed by atoms with Gasteiger partial charge in [-0.15, -0.1) is 0 Å². The lowest BCUT2D eigenvalue weighted by Gasteiger charge is -2.04. The van der Waals surface area contributed by atoms with E-state index in [0.717, 1.165) is 20.8 Å². The first kappa shape index (κ1) is 12.9. The van der Waals surface area contributed by atoms with E-state index >= 15 is 0 Å². The number of hydrogen-bond donors (Lipinski definition) is 1. The van der Waals surface area contributed by atoms with Gasteiger partial charge in [0, 0.05) is 4.47 Å². The number of benzene rings is 2. The highest BCUT2D eigenvalue weighted by Gasteiger charge is 2.07. The summed E-state index contributed by atoms with van der Waals surface area (Å²) in [5, 5.41) is 4.80. The fourth-order valence-electron chi connectivity index (χ4n) is 1.85. The first-order chi connectivity index (χ1) is 9.13. The van der Waals surface area contributed by atoms with E-state index in [1.54, 1.807) is 11.3 Å². The largest absolute Gasteiger partial charge is 0.330 e. The lowest BCUT2D eigenvalue weighted by atomic mass is 10.2. The van der Waals surface area contributed by atoms with Crippen LogP contribution < -0.4 is 5.32 Å². The van der Waals surface area contributed by atoms with Gasteiger partial charge in [0.1, 0.15) is 0 Å². The normalized spacial score (nSPS) is 10.9. The first-order valence-electron chi connectivity index (χ1n) is 5.72. The highest BCUT2D eigenvalue weighted by molar-refractivity contribution is 9.10. The number of rotatable bonds is 2. The SMILES string of the molecule is Cc1cccc2sc(Nc3ccc(Br)cc3Cl)nc12. The molecule has 1 aromatic heterocycles. The van der Waals surface area contributed by atoms with Gasteiger partial charge in [-0.25, -0.2) is 4.98 Å². The van der Waals surface area contributed by atoms with E-state index in [1.165, 1.54) is 10.3 Å². The summed E-state index contributed by atoms with van der Waals surface area (Å²) in [7, 11) is 0. The number of thiazole rings is 1. The van der Waals surface area contributed by atoms with Crippen molar-refractivity contribution in [2.45, 2.75) is 6.92 Å². The standard InChI is InChI=1S/C14H10BrClN2S/c1-8-3-2-4-12-13(8)18-14(19-12)17-11-6-5-9(15)7-10(11)16/h2-7H,1H3,(H,17,18). The summed E-state index contributed by atoms with van der Waals surface area (Å²) in [6.45, 7) is 2.07. The highest BCUT2D eigenvalue weighted by Crippen LogP contribution is 2.33. The van der Waals surface area contributed by atoms with Crippen LogP contribution in [0.3, 0.4) is 0 Å². The average molecular weight is 354 g/mol. The summed E-state index contributed by atoms with van der Waals surface area (Å²) in [6, 6.07) is 11.9. The zero-order chi connectivity index (χ0) is 13.4. The predicted molar refractivity (Wildman–Crippen MR) is 86.8 cm³/mol. The third kappa shape index (κ3) is 2.61. The summed E-state index contributed by atoms with van der Waals surface area (Å²) in [6.07, 6.45) is 0. The Hall–Kier alpha value is -1.10. The lowest BCUT2D eigenvalue weighted by molar-refractivity contribution is 1.40. The quantitative estimate of drug-likeness (QED) is 0.633. The van der Waals surface area contributed by atoms with Gasteiger partial charge in [0.2, 0.25) is 0 Å². The van der Waals surface area contributed by atoms with Gasteiger partial charge in [-0.2, -0.15) is 0 Å². The van der Waals surface area contributed by atoms with Gasteiger partial charge in [-0.05, 0) is 36.8 Å². The van der Waals surface area contributed by atoms with Gasteiger partial charge in [0.15, 0.2) is 5.13 Å². The molecule has 3 rings (SSSR count). The third-order valence-electron chi connectivity index (χ3n) is 2.79. The monoisotopic (exact) mass is 352 g/mol. The number of aryl methyl sites for hydroxylation is 1. The first-order valence-corrected chi connectivity index (χ1v) is 7.70. The van der Waals surface area contributed by atoms with Crippen LogP contribution >= 0.6 is 38.9 Å². The second kappa shape index (κ2) is 5.12. The molecule has 2 aromatic carbocycles. The van der Waals surface area contributed by atoms with Crippen molar-refractivity contribution in [3.8, 4) is 0 Å². The molecule has 19 heavy (non-hydrogen) atoms. The Morgan fingerprint density at radius 1 is 1.26 bits per heavy atom. The number of anilines is 2. The molecule has 3 aromatic rings. The molecule has 0 aliphatic carbocycles. The number of nitrogens with zero attached hydrogens (tertiary/aromatic N) is 1. The van der Waals surface area contributed by atoms with Crippen molar-refractivity contribution >= 4 is 59.9 Å². The fourth-order valence-corrected chi connectivity index (χ4v) is 3.52. The van der Waals surface area contributed by atoms with Crippen LogP contribution in [0.15, 0.2) is 40.9 Å². The molecule has 0 fully saturated rings. The van der Waals surface area contributed by atoms with Crippen molar-refractivity contribution in [1.29, 1.82) is 0 Å². The maximum atomic E-state index is 6.19. The maximum Gasteiger partial charge on any atom is 0.188 e. The number of nitrogens with one attached hydrogen (secondary N) is 1. The van der Waals surface area contributed by atoms with E-state index in [1.807, 2.05) is 24.3 Å². The molecule has 1 N–H and O–H groups in total. The Morgan fingerprint density at radius 2 is 2.11 bits per heavy atom. The van der Waals surface area contributed by atoms with Gasteiger partial charge in [-0.1, -0.05) is 51.0 Å². The summed E-state index contributed by atoms with van der Waals surface area (Å²) < 4.78 is 2.14. The number of halogens is 2. The van der Waals surface area contributed by atoms with Gasteiger partial charge < -0.3 is 5.32 Å². The maximum absolute atomic E-state index is 6.19. The number of fused-ring (bicyclic) bond motifs is 1. The molecule has 0 atom stereocenters. The number of para-hydroxylation sites is 1. The van der Waals surface area contributed by atoms with E-state index in [9.17, 15) is 0 Å².